The van der Waals surface area contributed by atoms with Gasteiger partial charge in [-0.3, -0.25) is 0 Å². The lowest BCUT2D eigenvalue weighted by atomic mass is 9.91. The molecule has 1 amide bonds. The van der Waals surface area contributed by atoms with Gasteiger partial charge in [0.25, 0.3) is 0 Å². The van der Waals surface area contributed by atoms with Gasteiger partial charge in [-0.2, -0.15) is 65.9 Å². The number of alkyl halides is 15. The molecule has 0 bridgehead atoms. The van der Waals surface area contributed by atoms with Crippen LogP contribution >= 0.6 is 0 Å². The molecule has 0 saturated carbocycles. The fourth-order valence-electron chi connectivity index (χ4n) is 1.30. The second-order valence-corrected chi connectivity index (χ2v) is 4.73. The first kappa shape index (κ1) is 25.2. The molecular formula is C9H4F15NO2. The van der Waals surface area contributed by atoms with Crippen LogP contribution in [0.2, 0.25) is 0 Å². The highest BCUT2D eigenvalue weighted by Gasteiger charge is 2.93. The third-order valence-electron chi connectivity index (χ3n) is 2.85. The zero-order valence-electron chi connectivity index (χ0n) is 11.7. The minimum Gasteiger partial charge on any atom is -0.465 e. The summed E-state index contributed by atoms with van der Waals surface area (Å²) in [6.45, 7) is -3.11. The third kappa shape index (κ3) is 3.53. The van der Waals surface area contributed by atoms with Crippen LogP contribution in [0.4, 0.5) is 70.7 Å². The molecule has 0 aromatic heterocycles. The lowest BCUT2D eigenvalue weighted by Gasteiger charge is -2.41. The highest BCUT2D eigenvalue weighted by atomic mass is 19.4. The van der Waals surface area contributed by atoms with Crippen LogP contribution in [-0.2, 0) is 0 Å². The molecule has 27 heavy (non-hydrogen) atoms. The van der Waals surface area contributed by atoms with Gasteiger partial charge in [0.1, 0.15) is 0 Å². The number of halogens is 15. The van der Waals surface area contributed by atoms with Crippen molar-refractivity contribution in [3.8, 4) is 0 Å². The van der Waals surface area contributed by atoms with Gasteiger partial charge in [-0.1, -0.05) is 0 Å². The van der Waals surface area contributed by atoms with Crippen LogP contribution in [0.3, 0.4) is 0 Å². The van der Waals surface area contributed by atoms with Crippen molar-refractivity contribution in [2.45, 2.75) is 41.7 Å². The van der Waals surface area contributed by atoms with Crippen molar-refractivity contribution in [2.24, 2.45) is 0 Å². The van der Waals surface area contributed by atoms with E-state index in [-0.39, 0.29) is 0 Å². The van der Waals surface area contributed by atoms with Crippen LogP contribution in [0.1, 0.15) is 0 Å². The van der Waals surface area contributed by atoms with Crippen LogP contribution in [0.5, 0.6) is 0 Å². The Kier molecular flexibility index (Phi) is 5.97. The van der Waals surface area contributed by atoms with E-state index in [4.69, 9.17) is 5.11 Å². The van der Waals surface area contributed by atoms with Crippen LogP contribution in [0, 0.1) is 0 Å². The molecule has 0 aromatic rings. The predicted molar refractivity (Wildman–Crippen MR) is 51.8 cm³/mol. The second-order valence-electron chi connectivity index (χ2n) is 4.73. The lowest BCUT2D eigenvalue weighted by molar-refractivity contribution is -0.451. The molecule has 0 radical (unpaired) electrons. The number of amides is 1. The monoisotopic (exact) mass is 443 g/mol. The van der Waals surface area contributed by atoms with Crippen LogP contribution < -0.4 is 5.32 Å². The molecule has 0 aromatic carbocycles. The maximum atomic E-state index is 13.1. The smallest absolute Gasteiger partial charge is 0.460 e. The van der Waals surface area contributed by atoms with E-state index in [1.807, 2.05) is 0 Å². The van der Waals surface area contributed by atoms with Crippen LogP contribution in [0.15, 0.2) is 0 Å². The van der Waals surface area contributed by atoms with E-state index in [9.17, 15) is 70.7 Å². The number of carbonyl (C=O) groups is 1. The normalized spacial score (nSPS) is 15.7. The standard InChI is InChI=1S/C9H4F15NO2/c10-3(11,1-25-2(26)27)4(12,13)5(14,15)6(16,17)7(18,19)8(20,21)9(22,23)24/h25H,1H2,(H,26,27). The van der Waals surface area contributed by atoms with Crippen molar-refractivity contribution < 1.29 is 75.8 Å². The predicted octanol–water partition coefficient (Wildman–Crippen LogP) is 4.63. The maximum absolute atomic E-state index is 13.1. The summed E-state index contributed by atoms with van der Waals surface area (Å²) in [4.78, 5) is 9.85. The van der Waals surface area contributed by atoms with Gasteiger partial charge in [0, 0.05) is 0 Å². The Balaban J connectivity index is 6.34. The summed E-state index contributed by atoms with van der Waals surface area (Å²) < 4.78 is 190. The van der Waals surface area contributed by atoms with Crippen molar-refractivity contribution in [2.75, 3.05) is 6.54 Å². The third-order valence-corrected chi connectivity index (χ3v) is 2.85. The van der Waals surface area contributed by atoms with E-state index in [2.05, 4.69) is 0 Å². The van der Waals surface area contributed by atoms with Crippen molar-refractivity contribution >= 4 is 6.09 Å². The van der Waals surface area contributed by atoms with E-state index < -0.39 is 54.3 Å². The highest BCUT2D eigenvalue weighted by Crippen LogP contribution is 2.62. The van der Waals surface area contributed by atoms with E-state index in [1.54, 1.807) is 0 Å². The molecule has 0 fully saturated rings. The zero-order chi connectivity index (χ0) is 22.5. The van der Waals surface area contributed by atoms with Gasteiger partial charge in [0.15, 0.2) is 0 Å². The largest absolute Gasteiger partial charge is 0.465 e. The Labute approximate surface area is 137 Å². The topological polar surface area (TPSA) is 49.3 Å². The molecule has 3 nitrogen and oxygen atoms in total. The van der Waals surface area contributed by atoms with Gasteiger partial charge in [-0.15, -0.1) is 0 Å². The average molecular weight is 443 g/mol. The molecule has 18 heteroatoms. The molecule has 0 unspecified atom stereocenters. The van der Waals surface area contributed by atoms with Gasteiger partial charge in [0.2, 0.25) is 0 Å². The Morgan fingerprint density at radius 1 is 0.593 bits per heavy atom. The van der Waals surface area contributed by atoms with Gasteiger partial charge in [-0.25, -0.2) is 4.79 Å². The fourth-order valence-corrected chi connectivity index (χ4v) is 1.30. The molecule has 2 N–H and O–H groups in total. The van der Waals surface area contributed by atoms with E-state index in [1.165, 1.54) is 0 Å². The summed E-state index contributed by atoms with van der Waals surface area (Å²) in [6.07, 6.45) is -10.3. The SMILES string of the molecule is O=C(O)NCC(F)(F)C(F)(F)C(F)(F)C(F)(F)C(F)(F)C(F)(F)C(F)(F)F. The highest BCUT2D eigenvalue weighted by molar-refractivity contribution is 5.64. The minimum absolute atomic E-state index is 0.301. The molecule has 0 rings (SSSR count). The number of hydrogen-bond donors (Lipinski definition) is 2. The summed E-state index contributed by atoms with van der Waals surface area (Å²) in [5, 5.41) is 8.16. The molecule has 0 aliphatic heterocycles. The average Bonchev–Trinajstić information content (AvgIpc) is 2.42. The van der Waals surface area contributed by atoms with Crippen molar-refractivity contribution in [1.82, 2.24) is 5.32 Å². The maximum Gasteiger partial charge on any atom is 0.460 e. The molecular weight excluding hydrogens is 439 g/mol. The van der Waals surface area contributed by atoms with Gasteiger partial charge >= 0.3 is 47.8 Å². The van der Waals surface area contributed by atoms with E-state index in [0.717, 1.165) is 0 Å². The molecule has 0 spiro atoms. The number of hydrogen-bond acceptors (Lipinski definition) is 1. The van der Waals surface area contributed by atoms with Crippen molar-refractivity contribution in [3.63, 3.8) is 0 Å². The van der Waals surface area contributed by atoms with Crippen LogP contribution in [0.25, 0.3) is 0 Å². The number of carboxylic acid groups (broad SMARTS) is 1. The van der Waals surface area contributed by atoms with Gasteiger partial charge < -0.3 is 10.4 Å². The zero-order valence-corrected chi connectivity index (χ0v) is 11.7. The van der Waals surface area contributed by atoms with Crippen molar-refractivity contribution in [3.05, 3.63) is 0 Å². The van der Waals surface area contributed by atoms with Gasteiger partial charge in [0.05, 0.1) is 6.54 Å². The van der Waals surface area contributed by atoms with Crippen molar-refractivity contribution in [1.29, 1.82) is 0 Å². The Hall–Kier alpha value is -1.78. The second kappa shape index (κ2) is 6.39. The molecule has 0 heterocycles. The Morgan fingerprint density at radius 3 is 1.19 bits per heavy atom. The fraction of sp³-hybridized carbons (Fsp3) is 0.889. The first-order chi connectivity index (χ1) is 11.4. The summed E-state index contributed by atoms with van der Waals surface area (Å²) in [5.74, 6) is -47.3. The molecule has 162 valence electrons. The molecule has 0 saturated heterocycles. The summed E-state index contributed by atoms with van der Waals surface area (Å²) in [7, 11) is 0. The summed E-state index contributed by atoms with van der Waals surface area (Å²) in [5.41, 5.74) is 0. The minimum atomic E-state index is -8.38. The summed E-state index contributed by atoms with van der Waals surface area (Å²) >= 11 is 0. The quantitative estimate of drug-likeness (QED) is 0.565. The molecule has 0 aliphatic carbocycles. The van der Waals surface area contributed by atoms with E-state index >= 15 is 0 Å². The van der Waals surface area contributed by atoms with Crippen LogP contribution in [-0.4, -0.2) is 59.5 Å². The molecule has 0 atom stereocenters. The molecule has 0 aliphatic rings. The Morgan fingerprint density at radius 2 is 0.889 bits per heavy atom. The first-order valence-corrected chi connectivity index (χ1v) is 5.72. The first-order valence-electron chi connectivity index (χ1n) is 5.72. The lowest BCUT2D eigenvalue weighted by Crippen LogP contribution is -2.73. The number of nitrogens with one attached hydrogen (secondary N) is 1. The van der Waals surface area contributed by atoms with E-state index in [0.29, 0.717) is 5.32 Å². The Bertz CT molecular complexity index is 566. The summed E-state index contributed by atoms with van der Waals surface area (Å²) in [6, 6.07) is 0. The van der Waals surface area contributed by atoms with Gasteiger partial charge in [-0.05, 0) is 0 Å². The number of rotatable bonds is 7.